The van der Waals surface area contributed by atoms with Gasteiger partial charge in [0.05, 0.1) is 6.61 Å². The Morgan fingerprint density at radius 3 is 2.62 bits per heavy atom. The van der Waals surface area contributed by atoms with Gasteiger partial charge >= 0.3 is 6.98 Å². The SMILES string of the molecule is CCOc1ccc(N)c(SC[B-](F)(F)F)c1. The smallest absolute Gasteiger partial charge is 0.488 e. The highest BCUT2D eigenvalue weighted by molar-refractivity contribution is 8.00. The molecule has 0 aromatic heterocycles. The van der Waals surface area contributed by atoms with Gasteiger partial charge in [0, 0.05) is 10.6 Å². The molecule has 1 aromatic rings. The zero-order chi connectivity index (χ0) is 12.2. The number of nitrogen functional groups attached to an aromatic ring is 1. The Balaban J connectivity index is 2.74. The Kier molecular flexibility index (Phi) is 4.40. The number of thioether (sulfide) groups is 1. The van der Waals surface area contributed by atoms with Crippen LogP contribution in [0.15, 0.2) is 23.1 Å². The van der Waals surface area contributed by atoms with Crippen LogP contribution < -0.4 is 10.5 Å². The van der Waals surface area contributed by atoms with Crippen LogP contribution in [0.3, 0.4) is 0 Å². The molecule has 0 saturated carbocycles. The number of ether oxygens (including phenoxy) is 1. The second kappa shape index (κ2) is 5.38. The van der Waals surface area contributed by atoms with Gasteiger partial charge in [0.15, 0.2) is 0 Å². The van der Waals surface area contributed by atoms with Gasteiger partial charge in [-0.3, -0.25) is 0 Å². The molecule has 16 heavy (non-hydrogen) atoms. The van der Waals surface area contributed by atoms with Gasteiger partial charge in [0.2, 0.25) is 0 Å². The summed E-state index contributed by atoms with van der Waals surface area (Å²) in [5.41, 5.74) is 5.03. The summed E-state index contributed by atoms with van der Waals surface area (Å²) in [4.78, 5) is 0.408. The molecule has 0 aliphatic rings. The van der Waals surface area contributed by atoms with E-state index >= 15 is 0 Å². The maximum absolute atomic E-state index is 12.1. The fourth-order valence-corrected chi connectivity index (χ4v) is 1.88. The largest absolute Gasteiger partial charge is 0.494 e. The van der Waals surface area contributed by atoms with Gasteiger partial charge in [0.25, 0.3) is 0 Å². The summed E-state index contributed by atoms with van der Waals surface area (Å²) in [6, 6.07) is 4.73. The van der Waals surface area contributed by atoms with Crippen LogP contribution in [0.4, 0.5) is 18.6 Å². The Bertz CT molecular complexity index is 359. The van der Waals surface area contributed by atoms with Crippen molar-refractivity contribution in [3.05, 3.63) is 18.2 Å². The molecular formula is C9H12BF3NOS-. The minimum Gasteiger partial charge on any atom is -0.494 e. The van der Waals surface area contributed by atoms with Crippen molar-refractivity contribution >= 4 is 24.4 Å². The molecule has 0 aliphatic carbocycles. The molecule has 0 amide bonds. The van der Waals surface area contributed by atoms with Gasteiger partial charge in [-0.05, 0) is 30.8 Å². The van der Waals surface area contributed by atoms with E-state index in [1.807, 2.05) is 6.92 Å². The van der Waals surface area contributed by atoms with Gasteiger partial charge < -0.3 is 23.4 Å². The molecule has 2 N–H and O–H groups in total. The van der Waals surface area contributed by atoms with Gasteiger partial charge in [-0.1, -0.05) is 0 Å². The third-order valence-corrected chi connectivity index (χ3v) is 2.93. The predicted molar refractivity (Wildman–Crippen MR) is 61.8 cm³/mol. The van der Waals surface area contributed by atoms with Crippen molar-refractivity contribution < 1.29 is 17.7 Å². The quantitative estimate of drug-likeness (QED) is 0.495. The van der Waals surface area contributed by atoms with Crippen molar-refractivity contribution in [2.45, 2.75) is 11.8 Å². The monoisotopic (exact) mass is 250 g/mol. The number of nitrogens with two attached hydrogens (primary N) is 1. The number of halogens is 3. The minimum atomic E-state index is -4.80. The summed E-state index contributed by atoms with van der Waals surface area (Å²) in [5, 5.41) is 0. The zero-order valence-corrected chi connectivity index (χ0v) is 9.57. The molecule has 0 bridgehead atoms. The Hall–Kier alpha value is -0.975. The number of hydrogen-bond donors (Lipinski definition) is 1. The average molecular weight is 250 g/mol. The van der Waals surface area contributed by atoms with E-state index in [2.05, 4.69) is 0 Å². The minimum absolute atomic E-state index is 0.341. The summed E-state index contributed by atoms with van der Waals surface area (Å²) in [6.07, 6.45) is 0. The van der Waals surface area contributed by atoms with Crippen LogP contribution in [0, 0.1) is 0 Å². The van der Waals surface area contributed by atoms with Gasteiger partial charge in [-0.2, -0.15) is 11.8 Å². The Labute approximate surface area is 96.4 Å². The van der Waals surface area contributed by atoms with Gasteiger partial charge in [-0.25, -0.2) is 0 Å². The highest BCUT2D eigenvalue weighted by Crippen LogP contribution is 2.31. The lowest BCUT2D eigenvalue weighted by Gasteiger charge is -2.14. The van der Waals surface area contributed by atoms with Crippen molar-refractivity contribution in [3.8, 4) is 5.75 Å². The normalized spacial score (nSPS) is 11.5. The van der Waals surface area contributed by atoms with Crippen LogP contribution in [0.2, 0.25) is 0 Å². The van der Waals surface area contributed by atoms with E-state index in [9.17, 15) is 12.9 Å². The second-order valence-corrected chi connectivity index (χ2v) is 4.22. The van der Waals surface area contributed by atoms with Crippen LogP contribution in [0.5, 0.6) is 5.75 Å². The summed E-state index contributed by atoms with van der Waals surface area (Å²) >= 11 is 0.692. The lowest BCUT2D eigenvalue weighted by atomic mass is 9.98. The molecule has 2 nitrogen and oxygen atoms in total. The van der Waals surface area contributed by atoms with Crippen molar-refractivity contribution in [3.63, 3.8) is 0 Å². The molecule has 1 rings (SSSR count). The van der Waals surface area contributed by atoms with Crippen LogP contribution >= 0.6 is 11.8 Å². The van der Waals surface area contributed by atoms with E-state index in [0.29, 0.717) is 34.7 Å². The first-order valence-corrected chi connectivity index (χ1v) is 5.77. The lowest BCUT2D eigenvalue weighted by Crippen LogP contribution is -2.19. The van der Waals surface area contributed by atoms with Gasteiger partial charge in [0.1, 0.15) is 5.75 Å². The average Bonchev–Trinajstić information content (AvgIpc) is 2.18. The standard InChI is InChI=1S/C9H12BF3NOS/c1-2-15-7-3-4-8(14)9(5-7)16-6-10(11,12)13/h3-5H,2,6,14H2,1H3/q-1. The number of hydrogen-bond acceptors (Lipinski definition) is 3. The van der Waals surface area contributed by atoms with E-state index < -0.39 is 12.6 Å². The number of rotatable bonds is 5. The van der Waals surface area contributed by atoms with Gasteiger partial charge in [-0.15, -0.1) is 0 Å². The van der Waals surface area contributed by atoms with E-state index in [4.69, 9.17) is 10.5 Å². The van der Waals surface area contributed by atoms with Crippen molar-refractivity contribution in [1.82, 2.24) is 0 Å². The predicted octanol–water partition coefficient (Wildman–Crippen LogP) is 3.15. The van der Waals surface area contributed by atoms with Crippen LogP contribution in [-0.4, -0.2) is 19.2 Å². The third-order valence-electron chi connectivity index (χ3n) is 1.72. The van der Waals surface area contributed by atoms with E-state index in [-0.39, 0.29) is 0 Å². The van der Waals surface area contributed by atoms with E-state index in [0.717, 1.165) is 0 Å². The molecule has 90 valence electrons. The zero-order valence-electron chi connectivity index (χ0n) is 8.75. The molecule has 0 atom stereocenters. The molecule has 0 unspecified atom stereocenters. The molecule has 1 aromatic carbocycles. The summed E-state index contributed by atoms with van der Waals surface area (Å²) < 4.78 is 41.5. The summed E-state index contributed by atoms with van der Waals surface area (Å²) in [5.74, 6) is 0.536. The van der Waals surface area contributed by atoms with Crippen LogP contribution in [0.1, 0.15) is 6.92 Å². The fraction of sp³-hybridized carbons (Fsp3) is 0.333. The molecule has 7 heteroatoms. The maximum Gasteiger partial charge on any atom is 0.488 e. The molecule has 0 saturated heterocycles. The van der Waals surface area contributed by atoms with Crippen LogP contribution in [-0.2, 0) is 0 Å². The topological polar surface area (TPSA) is 35.2 Å². The first kappa shape index (κ1) is 13.1. The summed E-state index contributed by atoms with van der Waals surface area (Å²) in [7, 11) is 0. The number of benzene rings is 1. The molecular weight excluding hydrogens is 238 g/mol. The maximum atomic E-state index is 12.1. The van der Waals surface area contributed by atoms with E-state index in [1.165, 1.54) is 6.07 Å². The summed E-state index contributed by atoms with van der Waals surface area (Å²) in [6.45, 7) is -2.52. The van der Waals surface area contributed by atoms with Crippen LogP contribution in [0.25, 0.3) is 0 Å². The molecule has 0 radical (unpaired) electrons. The lowest BCUT2D eigenvalue weighted by molar-refractivity contribution is 0.339. The Morgan fingerprint density at radius 2 is 2.06 bits per heavy atom. The molecule has 0 aliphatic heterocycles. The van der Waals surface area contributed by atoms with Crippen molar-refractivity contribution in [1.29, 1.82) is 0 Å². The highest BCUT2D eigenvalue weighted by atomic mass is 32.2. The first-order chi connectivity index (χ1) is 7.42. The molecule has 0 spiro atoms. The van der Waals surface area contributed by atoms with Crippen molar-refractivity contribution in [2.75, 3.05) is 18.0 Å². The second-order valence-electron chi connectivity index (χ2n) is 3.15. The third kappa shape index (κ3) is 4.26. The first-order valence-electron chi connectivity index (χ1n) is 4.78. The molecule has 0 heterocycles. The molecule has 0 fully saturated rings. The van der Waals surface area contributed by atoms with E-state index in [1.54, 1.807) is 12.1 Å². The Morgan fingerprint density at radius 1 is 1.38 bits per heavy atom. The highest BCUT2D eigenvalue weighted by Gasteiger charge is 2.23. The number of anilines is 1. The fourth-order valence-electron chi connectivity index (χ4n) is 1.08. The van der Waals surface area contributed by atoms with Crippen molar-refractivity contribution in [2.24, 2.45) is 0 Å².